The van der Waals surface area contributed by atoms with Crippen molar-refractivity contribution in [2.75, 3.05) is 27.7 Å². The van der Waals surface area contributed by atoms with Gasteiger partial charge in [0.15, 0.2) is 11.5 Å². The summed E-state index contributed by atoms with van der Waals surface area (Å²) in [5, 5.41) is 5.65. The number of nitrogens with one attached hydrogen (secondary N) is 1. The van der Waals surface area contributed by atoms with Gasteiger partial charge in [0, 0.05) is 24.0 Å². The molecular weight excluding hydrogens is 380 g/mol. The standard InChI is InChI=1S/C24H30N2O2S/c1-26(2)21(14-19-8-5-4-6-9-19)17-25-16-20-11-12-23(24(15-20)27-3)28-18-22-10-7-13-29-22/h4-13,15,21,25H,14,16-18H2,1-3H3/t21-/m1/s1. The predicted octanol–water partition coefficient (Wildman–Crippen LogP) is 4.60. The van der Waals surface area contributed by atoms with Gasteiger partial charge >= 0.3 is 0 Å². The highest BCUT2D eigenvalue weighted by Crippen LogP contribution is 2.29. The van der Waals surface area contributed by atoms with Gasteiger partial charge in [-0.15, -0.1) is 11.3 Å². The lowest BCUT2D eigenvalue weighted by atomic mass is 10.1. The summed E-state index contributed by atoms with van der Waals surface area (Å²) in [6.45, 7) is 2.27. The van der Waals surface area contributed by atoms with Gasteiger partial charge in [-0.1, -0.05) is 42.5 Å². The van der Waals surface area contributed by atoms with E-state index in [1.165, 1.54) is 16.0 Å². The molecule has 3 aromatic rings. The minimum atomic E-state index is 0.438. The molecule has 2 aromatic carbocycles. The number of hydrogen-bond donors (Lipinski definition) is 1. The Morgan fingerprint density at radius 3 is 2.48 bits per heavy atom. The first kappa shape index (κ1) is 21.4. The molecule has 0 fully saturated rings. The van der Waals surface area contributed by atoms with Crippen LogP contribution in [0, 0.1) is 0 Å². The maximum Gasteiger partial charge on any atom is 0.161 e. The van der Waals surface area contributed by atoms with E-state index in [0.29, 0.717) is 12.6 Å². The molecule has 0 aliphatic rings. The van der Waals surface area contributed by atoms with Gasteiger partial charge in [0.05, 0.1) is 7.11 Å². The lowest BCUT2D eigenvalue weighted by Crippen LogP contribution is -2.39. The van der Waals surface area contributed by atoms with Crippen molar-refractivity contribution in [2.45, 2.75) is 25.6 Å². The predicted molar refractivity (Wildman–Crippen MR) is 121 cm³/mol. The van der Waals surface area contributed by atoms with Crippen molar-refractivity contribution in [2.24, 2.45) is 0 Å². The summed E-state index contributed by atoms with van der Waals surface area (Å²) in [5.74, 6) is 1.55. The topological polar surface area (TPSA) is 33.7 Å². The zero-order valence-electron chi connectivity index (χ0n) is 17.4. The van der Waals surface area contributed by atoms with Crippen LogP contribution < -0.4 is 14.8 Å². The fraction of sp³-hybridized carbons (Fsp3) is 0.333. The van der Waals surface area contributed by atoms with Crippen molar-refractivity contribution in [3.05, 3.63) is 82.0 Å². The number of benzene rings is 2. The first-order chi connectivity index (χ1) is 14.2. The van der Waals surface area contributed by atoms with Crippen LogP contribution in [-0.2, 0) is 19.6 Å². The second-order valence-corrected chi connectivity index (χ2v) is 8.32. The molecule has 4 nitrogen and oxygen atoms in total. The van der Waals surface area contributed by atoms with Gasteiger partial charge in [-0.05, 0) is 55.2 Å². The molecule has 5 heteroatoms. The number of thiophene rings is 1. The molecule has 1 atom stereocenters. The molecule has 0 radical (unpaired) electrons. The Balaban J connectivity index is 1.53. The highest BCUT2D eigenvalue weighted by Gasteiger charge is 2.12. The van der Waals surface area contributed by atoms with Gasteiger partial charge in [0.2, 0.25) is 0 Å². The smallest absolute Gasteiger partial charge is 0.161 e. The number of likely N-dealkylation sites (N-methyl/N-ethyl adjacent to an activating group) is 1. The number of ether oxygens (including phenoxy) is 2. The summed E-state index contributed by atoms with van der Waals surface area (Å²) in [7, 11) is 5.96. The van der Waals surface area contributed by atoms with Crippen molar-refractivity contribution in [3.8, 4) is 11.5 Å². The second-order valence-electron chi connectivity index (χ2n) is 7.29. The summed E-state index contributed by atoms with van der Waals surface area (Å²) in [6, 6.07) is 21.3. The molecule has 0 amide bonds. The van der Waals surface area contributed by atoms with Crippen LogP contribution in [0.3, 0.4) is 0 Å². The van der Waals surface area contributed by atoms with Gasteiger partial charge < -0.3 is 19.7 Å². The normalized spacial score (nSPS) is 12.1. The zero-order chi connectivity index (χ0) is 20.5. The molecule has 1 heterocycles. The van der Waals surface area contributed by atoms with Gasteiger partial charge in [0.1, 0.15) is 6.61 Å². The summed E-state index contributed by atoms with van der Waals surface area (Å²) in [5.41, 5.74) is 2.55. The zero-order valence-corrected chi connectivity index (χ0v) is 18.2. The Kier molecular flexibility index (Phi) is 8.11. The molecule has 154 valence electrons. The van der Waals surface area contributed by atoms with Gasteiger partial charge in [0.25, 0.3) is 0 Å². The number of nitrogens with zero attached hydrogens (tertiary/aromatic N) is 1. The highest BCUT2D eigenvalue weighted by atomic mass is 32.1. The van der Waals surface area contributed by atoms with E-state index < -0.39 is 0 Å². The lowest BCUT2D eigenvalue weighted by Gasteiger charge is -2.25. The Bertz CT molecular complexity index is 851. The molecule has 1 aromatic heterocycles. The largest absolute Gasteiger partial charge is 0.493 e. The van der Waals surface area contributed by atoms with Crippen LogP contribution in [0.5, 0.6) is 11.5 Å². The van der Waals surface area contributed by atoms with Crippen molar-refractivity contribution < 1.29 is 9.47 Å². The average molecular weight is 411 g/mol. The maximum atomic E-state index is 5.93. The van der Waals surface area contributed by atoms with Crippen LogP contribution >= 0.6 is 11.3 Å². The summed E-state index contributed by atoms with van der Waals surface area (Å²) in [4.78, 5) is 3.48. The number of hydrogen-bond acceptors (Lipinski definition) is 5. The highest BCUT2D eigenvalue weighted by molar-refractivity contribution is 7.09. The third-order valence-corrected chi connectivity index (χ3v) is 5.78. The molecule has 0 bridgehead atoms. The fourth-order valence-corrected chi connectivity index (χ4v) is 3.81. The molecular formula is C24H30N2O2S. The molecule has 0 spiro atoms. The van der Waals surface area contributed by atoms with Crippen molar-refractivity contribution in [3.63, 3.8) is 0 Å². The van der Waals surface area contributed by atoms with E-state index >= 15 is 0 Å². The molecule has 1 N–H and O–H groups in total. The molecule has 0 saturated heterocycles. The van der Waals surface area contributed by atoms with Crippen molar-refractivity contribution in [1.29, 1.82) is 0 Å². The van der Waals surface area contributed by atoms with E-state index in [1.807, 2.05) is 12.1 Å². The van der Waals surface area contributed by atoms with E-state index in [-0.39, 0.29) is 0 Å². The van der Waals surface area contributed by atoms with Crippen LogP contribution in [0.25, 0.3) is 0 Å². The van der Waals surface area contributed by atoms with Crippen molar-refractivity contribution >= 4 is 11.3 Å². The van der Waals surface area contributed by atoms with E-state index in [2.05, 4.69) is 78.2 Å². The van der Waals surface area contributed by atoms with E-state index in [1.54, 1.807) is 18.4 Å². The summed E-state index contributed by atoms with van der Waals surface area (Å²) in [6.07, 6.45) is 1.03. The number of methoxy groups -OCH3 is 1. The Morgan fingerprint density at radius 2 is 1.79 bits per heavy atom. The van der Waals surface area contributed by atoms with Crippen LogP contribution in [0.1, 0.15) is 16.0 Å². The SMILES string of the molecule is COc1cc(CNC[C@@H](Cc2ccccc2)N(C)C)ccc1OCc1cccs1. The fourth-order valence-electron chi connectivity index (χ4n) is 3.19. The van der Waals surface area contributed by atoms with Gasteiger partial charge in [-0.2, -0.15) is 0 Å². The van der Waals surface area contributed by atoms with Crippen LogP contribution in [0.4, 0.5) is 0 Å². The monoisotopic (exact) mass is 410 g/mol. The second kappa shape index (κ2) is 11.0. The van der Waals surface area contributed by atoms with Crippen LogP contribution in [0.2, 0.25) is 0 Å². The average Bonchev–Trinajstić information content (AvgIpc) is 3.26. The Labute approximate surface area is 178 Å². The quantitative estimate of drug-likeness (QED) is 0.501. The third-order valence-electron chi connectivity index (χ3n) is 4.93. The minimum Gasteiger partial charge on any atom is -0.493 e. The first-order valence-corrected chi connectivity index (χ1v) is 10.8. The van der Waals surface area contributed by atoms with E-state index in [0.717, 1.165) is 31.0 Å². The first-order valence-electron chi connectivity index (χ1n) is 9.89. The third kappa shape index (κ3) is 6.60. The van der Waals surface area contributed by atoms with Crippen LogP contribution in [-0.4, -0.2) is 38.7 Å². The molecule has 0 aliphatic carbocycles. The van der Waals surface area contributed by atoms with Gasteiger partial charge in [-0.3, -0.25) is 0 Å². The molecule has 3 rings (SSSR count). The van der Waals surface area contributed by atoms with Gasteiger partial charge in [-0.25, -0.2) is 0 Å². The Morgan fingerprint density at radius 1 is 0.966 bits per heavy atom. The number of rotatable bonds is 11. The molecule has 0 unspecified atom stereocenters. The molecule has 0 aliphatic heterocycles. The molecule has 29 heavy (non-hydrogen) atoms. The van der Waals surface area contributed by atoms with Crippen molar-refractivity contribution in [1.82, 2.24) is 10.2 Å². The lowest BCUT2D eigenvalue weighted by molar-refractivity contribution is 0.280. The Hall–Kier alpha value is -2.34. The maximum absolute atomic E-state index is 5.93. The summed E-state index contributed by atoms with van der Waals surface area (Å²) >= 11 is 1.70. The van der Waals surface area contributed by atoms with E-state index in [9.17, 15) is 0 Å². The minimum absolute atomic E-state index is 0.438. The van der Waals surface area contributed by atoms with E-state index in [4.69, 9.17) is 9.47 Å². The van der Waals surface area contributed by atoms with Crippen LogP contribution in [0.15, 0.2) is 66.0 Å². The summed E-state index contributed by atoms with van der Waals surface area (Å²) < 4.78 is 11.5. The molecule has 0 saturated carbocycles.